The van der Waals surface area contributed by atoms with Crippen LogP contribution in [0.4, 0.5) is 11.5 Å². The highest BCUT2D eigenvalue weighted by molar-refractivity contribution is 5.94. The van der Waals surface area contributed by atoms with Crippen LogP contribution in [0.25, 0.3) is 16.7 Å². The molecule has 1 N–H and O–H groups in total. The Morgan fingerprint density at radius 2 is 1.85 bits per heavy atom. The van der Waals surface area contributed by atoms with Crippen LogP contribution in [0.5, 0.6) is 0 Å². The molecule has 0 aliphatic carbocycles. The monoisotopic (exact) mass is 344 g/mol. The minimum absolute atomic E-state index is 0.751. The van der Waals surface area contributed by atoms with Gasteiger partial charge >= 0.3 is 0 Å². The van der Waals surface area contributed by atoms with E-state index in [4.69, 9.17) is 10.1 Å². The molecule has 0 amide bonds. The fourth-order valence-electron chi connectivity index (χ4n) is 3.86. The molecule has 1 aromatic carbocycles. The van der Waals surface area contributed by atoms with Crippen molar-refractivity contribution >= 4 is 28.2 Å². The molecule has 130 valence electrons. The van der Waals surface area contributed by atoms with Gasteiger partial charge in [-0.15, -0.1) is 5.10 Å². The first-order valence-electron chi connectivity index (χ1n) is 8.88. The van der Waals surface area contributed by atoms with Crippen molar-refractivity contribution in [3.63, 3.8) is 0 Å². The van der Waals surface area contributed by atoms with Gasteiger partial charge in [-0.2, -0.15) is 4.52 Å². The number of hydrazine groups is 1. The summed E-state index contributed by atoms with van der Waals surface area (Å²) < 4.78 is 1.95. The number of aryl methyl sites for hydroxylation is 3. The molecule has 26 heavy (non-hydrogen) atoms. The highest BCUT2D eigenvalue weighted by Crippen LogP contribution is 2.34. The van der Waals surface area contributed by atoms with E-state index in [1.807, 2.05) is 29.6 Å². The zero-order chi connectivity index (χ0) is 17.8. The van der Waals surface area contributed by atoms with Crippen LogP contribution in [0, 0.1) is 20.8 Å². The highest BCUT2D eigenvalue weighted by Gasteiger charge is 2.26. The van der Waals surface area contributed by atoms with E-state index >= 15 is 0 Å². The molecule has 0 saturated carbocycles. The van der Waals surface area contributed by atoms with E-state index < -0.39 is 0 Å². The zero-order valence-corrected chi connectivity index (χ0v) is 15.1. The summed E-state index contributed by atoms with van der Waals surface area (Å²) in [6.45, 7) is 7.06. The van der Waals surface area contributed by atoms with E-state index in [-0.39, 0.29) is 0 Å². The van der Waals surface area contributed by atoms with Crippen LogP contribution in [-0.2, 0) is 6.42 Å². The van der Waals surface area contributed by atoms with Crippen molar-refractivity contribution in [3.8, 4) is 0 Å². The number of rotatable bonds is 1. The fraction of sp³-hybridized carbons (Fsp3) is 0.250. The second kappa shape index (κ2) is 5.51. The maximum Gasteiger partial charge on any atom is 0.184 e. The van der Waals surface area contributed by atoms with Gasteiger partial charge in [-0.25, -0.2) is 15.4 Å². The maximum absolute atomic E-state index is 4.90. The number of nitrogens with one attached hydrogen (secondary N) is 1. The van der Waals surface area contributed by atoms with Crippen LogP contribution in [0.1, 0.15) is 22.5 Å². The van der Waals surface area contributed by atoms with Gasteiger partial charge in [0.1, 0.15) is 0 Å². The molecular formula is C20H20N6. The minimum Gasteiger partial charge on any atom is -0.259 e. The Morgan fingerprint density at radius 1 is 1.04 bits per heavy atom. The van der Waals surface area contributed by atoms with E-state index in [2.05, 4.69) is 47.5 Å². The van der Waals surface area contributed by atoms with Crippen molar-refractivity contribution in [3.05, 3.63) is 58.9 Å². The van der Waals surface area contributed by atoms with Gasteiger partial charge in [-0.1, -0.05) is 18.2 Å². The maximum atomic E-state index is 4.90. The van der Waals surface area contributed by atoms with Gasteiger partial charge in [-0.3, -0.25) is 5.01 Å². The average Bonchev–Trinajstić information content (AvgIpc) is 3.00. The summed E-state index contributed by atoms with van der Waals surface area (Å²) >= 11 is 0. The third kappa shape index (κ3) is 2.12. The Hall–Kier alpha value is -2.99. The molecule has 0 radical (unpaired) electrons. The predicted molar refractivity (Wildman–Crippen MR) is 103 cm³/mol. The number of nitrogens with zero attached hydrogens (tertiary/aromatic N) is 5. The smallest absolute Gasteiger partial charge is 0.184 e. The third-order valence-corrected chi connectivity index (χ3v) is 5.00. The summed E-state index contributed by atoms with van der Waals surface area (Å²) in [5, 5.41) is 7.98. The normalized spacial score (nSPS) is 14.2. The van der Waals surface area contributed by atoms with Crippen LogP contribution in [-0.4, -0.2) is 26.1 Å². The lowest BCUT2D eigenvalue weighted by Crippen LogP contribution is -2.41. The standard InChI is InChI=1S/C20H20N6/c1-12-11-13(2)22-18-17(12)19-23-14(3)16-9-10-21-25(20(16)26(19)24-18)15-7-5-4-6-8-15/h4-8,11,21H,9-10H2,1-3H3. The molecule has 3 aromatic heterocycles. The SMILES string of the molecule is Cc1cc(C)c2c(n1)nn1c3c(c(C)nc21)CCNN3c1ccccc1. The number of anilines is 2. The van der Waals surface area contributed by atoms with Crippen molar-refractivity contribution in [1.82, 2.24) is 25.0 Å². The fourth-order valence-corrected chi connectivity index (χ4v) is 3.86. The van der Waals surface area contributed by atoms with E-state index in [0.717, 1.165) is 58.1 Å². The summed E-state index contributed by atoms with van der Waals surface area (Å²) in [6.07, 6.45) is 0.926. The summed E-state index contributed by atoms with van der Waals surface area (Å²) in [5.74, 6) is 1.03. The van der Waals surface area contributed by atoms with Gasteiger partial charge in [0.25, 0.3) is 0 Å². The molecule has 4 heterocycles. The van der Waals surface area contributed by atoms with Crippen LogP contribution < -0.4 is 10.4 Å². The van der Waals surface area contributed by atoms with E-state index in [0.29, 0.717) is 0 Å². The first kappa shape index (κ1) is 15.3. The molecule has 0 fully saturated rings. The van der Waals surface area contributed by atoms with Gasteiger partial charge in [0.2, 0.25) is 0 Å². The van der Waals surface area contributed by atoms with Crippen LogP contribution in [0.2, 0.25) is 0 Å². The highest BCUT2D eigenvalue weighted by atomic mass is 15.6. The third-order valence-electron chi connectivity index (χ3n) is 5.00. The molecule has 0 unspecified atom stereocenters. The lowest BCUT2D eigenvalue weighted by atomic mass is 10.1. The second-order valence-corrected chi connectivity index (χ2v) is 6.84. The van der Waals surface area contributed by atoms with E-state index in [9.17, 15) is 0 Å². The number of fused-ring (bicyclic) bond motifs is 5. The van der Waals surface area contributed by atoms with Crippen molar-refractivity contribution in [1.29, 1.82) is 0 Å². The topological polar surface area (TPSA) is 58.4 Å². The molecule has 6 nitrogen and oxygen atoms in total. The summed E-state index contributed by atoms with van der Waals surface area (Å²) in [4.78, 5) is 9.54. The van der Waals surface area contributed by atoms with Gasteiger partial charge < -0.3 is 0 Å². The molecule has 0 saturated heterocycles. The second-order valence-electron chi connectivity index (χ2n) is 6.84. The zero-order valence-electron chi connectivity index (χ0n) is 15.1. The molecule has 0 spiro atoms. The molecule has 0 bridgehead atoms. The lowest BCUT2D eigenvalue weighted by molar-refractivity contribution is 0.636. The lowest BCUT2D eigenvalue weighted by Gasteiger charge is -2.32. The van der Waals surface area contributed by atoms with Crippen LogP contribution in [0.3, 0.4) is 0 Å². The number of aromatic nitrogens is 4. The van der Waals surface area contributed by atoms with Gasteiger partial charge in [-0.05, 0) is 51.0 Å². The van der Waals surface area contributed by atoms with E-state index in [1.165, 1.54) is 5.56 Å². The van der Waals surface area contributed by atoms with Crippen molar-refractivity contribution in [2.45, 2.75) is 27.2 Å². The molecule has 4 aromatic rings. The average molecular weight is 344 g/mol. The first-order valence-corrected chi connectivity index (χ1v) is 8.88. The summed E-state index contributed by atoms with van der Waals surface area (Å²) in [6, 6.07) is 12.4. The molecule has 1 aliphatic rings. The van der Waals surface area contributed by atoms with E-state index in [1.54, 1.807) is 0 Å². The number of hydrogen-bond donors (Lipinski definition) is 1. The first-order chi connectivity index (χ1) is 12.6. The van der Waals surface area contributed by atoms with Crippen molar-refractivity contribution in [2.75, 3.05) is 11.6 Å². The molecule has 6 heteroatoms. The Morgan fingerprint density at radius 3 is 2.65 bits per heavy atom. The van der Waals surface area contributed by atoms with Gasteiger partial charge in [0, 0.05) is 23.5 Å². The van der Waals surface area contributed by atoms with Crippen LogP contribution in [0.15, 0.2) is 36.4 Å². The Bertz CT molecular complexity index is 1150. The number of benzene rings is 1. The largest absolute Gasteiger partial charge is 0.259 e. The van der Waals surface area contributed by atoms with Gasteiger partial charge in [0.15, 0.2) is 17.1 Å². The number of para-hydroxylation sites is 1. The Kier molecular flexibility index (Phi) is 3.24. The number of hydrogen-bond acceptors (Lipinski definition) is 5. The summed E-state index contributed by atoms with van der Waals surface area (Å²) in [5.41, 5.74) is 10.6. The summed E-state index contributed by atoms with van der Waals surface area (Å²) in [7, 11) is 0. The minimum atomic E-state index is 0.751. The molecule has 5 rings (SSSR count). The molecule has 1 aliphatic heterocycles. The Labute approximate surface area is 151 Å². The molecular weight excluding hydrogens is 324 g/mol. The number of pyridine rings is 1. The van der Waals surface area contributed by atoms with Gasteiger partial charge in [0.05, 0.1) is 11.1 Å². The van der Waals surface area contributed by atoms with Crippen molar-refractivity contribution in [2.24, 2.45) is 0 Å². The quantitative estimate of drug-likeness (QED) is 0.573. The molecule has 0 atom stereocenters. The predicted octanol–water partition coefficient (Wildman–Crippen LogP) is 3.40. The van der Waals surface area contributed by atoms with Crippen molar-refractivity contribution < 1.29 is 0 Å². The Balaban J connectivity index is 1.89. The van der Waals surface area contributed by atoms with Crippen LogP contribution >= 0.6 is 0 Å².